The number of nitro benzene ring substituents is 1. The van der Waals surface area contributed by atoms with Gasteiger partial charge in [0.1, 0.15) is 12.4 Å². The fourth-order valence-corrected chi connectivity index (χ4v) is 1.58. The van der Waals surface area contributed by atoms with Crippen LogP contribution in [-0.4, -0.2) is 24.8 Å². The topological polar surface area (TPSA) is 94.1 Å². The molecule has 0 atom stereocenters. The first-order valence-corrected chi connectivity index (χ1v) is 4.98. The van der Waals surface area contributed by atoms with Gasteiger partial charge >= 0.3 is 0 Å². The first-order chi connectivity index (χ1) is 8.54. The van der Waals surface area contributed by atoms with Crippen molar-refractivity contribution in [3.63, 3.8) is 0 Å². The molecule has 1 aromatic carbocycles. The molecule has 2 aromatic rings. The Morgan fingerprint density at radius 3 is 2.78 bits per heavy atom. The van der Waals surface area contributed by atoms with Crippen molar-refractivity contribution in [3.05, 3.63) is 40.0 Å². The lowest BCUT2D eigenvalue weighted by Crippen LogP contribution is -2.01. The van der Waals surface area contributed by atoms with Crippen LogP contribution < -0.4 is 0 Å². The standard InChI is InChI=1S/C10H9FN4O3/c1-14-9(5-16)12-13-10(14)7-3-2-6(11)4-8(7)15(17)18/h2-4,16H,5H2,1H3. The summed E-state index contributed by atoms with van der Waals surface area (Å²) in [4.78, 5) is 10.2. The fraction of sp³-hybridized carbons (Fsp3) is 0.200. The van der Waals surface area contributed by atoms with E-state index in [2.05, 4.69) is 10.2 Å². The lowest BCUT2D eigenvalue weighted by Gasteiger charge is -2.03. The second kappa shape index (κ2) is 4.49. The van der Waals surface area contributed by atoms with Gasteiger partial charge in [0.05, 0.1) is 16.6 Å². The van der Waals surface area contributed by atoms with Crippen LogP contribution in [0.2, 0.25) is 0 Å². The SMILES string of the molecule is Cn1c(CO)nnc1-c1ccc(F)cc1[N+](=O)[O-]. The van der Waals surface area contributed by atoms with Crippen LogP contribution in [0, 0.1) is 15.9 Å². The second-order valence-corrected chi connectivity index (χ2v) is 3.58. The third kappa shape index (κ3) is 1.93. The van der Waals surface area contributed by atoms with E-state index in [0.29, 0.717) is 0 Å². The molecule has 0 spiro atoms. The molecule has 2 rings (SSSR count). The zero-order valence-electron chi connectivity index (χ0n) is 9.37. The molecule has 0 bridgehead atoms. The van der Waals surface area contributed by atoms with E-state index in [1.54, 1.807) is 7.05 Å². The number of benzene rings is 1. The highest BCUT2D eigenvalue weighted by molar-refractivity contribution is 5.68. The van der Waals surface area contributed by atoms with Gasteiger partial charge in [0.15, 0.2) is 11.6 Å². The minimum Gasteiger partial charge on any atom is -0.388 e. The molecule has 1 heterocycles. The van der Waals surface area contributed by atoms with E-state index in [1.807, 2.05) is 0 Å². The monoisotopic (exact) mass is 252 g/mol. The first kappa shape index (κ1) is 12.1. The zero-order chi connectivity index (χ0) is 13.3. The number of aliphatic hydroxyl groups excluding tert-OH is 1. The van der Waals surface area contributed by atoms with Crippen LogP contribution in [0.25, 0.3) is 11.4 Å². The van der Waals surface area contributed by atoms with E-state index in [9.17, 15) is 14.5 Å². The highest BCUT2D eigenvalue weighted by Crippen LogP contribution is 2.29. The molecule has 1 aromatic heterocycles. The quantitative estimate of drug-likeness (QED) is 0.650. The summed E-state index contributed by atoms with van der Waals surface area (Å²) in [6.07, 6.45) is 0. The maximum absolute atomic E-state index is 13.0. The minimum atomic E-state index is -0.699. The van der Waals surface area contributed by atoms with Crippen LogP contribution in [0.3, 0.4) is 0 Å². The molecule has 0 aliphatic heterocycles. The summed E-state index contributed by atoms with van der Waals surface area (Å²) < 4.78 is 14.4. The highest BCUT2D eigenvalue weighted by atomic mass is 19.1. The Kier molecular flexibility index (Phi) is 3.02. The lowest BCUT2D eigenvalue weighted by atomic mass is 10.1. The predicted octanol–water partition coefficient (Wildman–Crippen LogP) is 1.02. The van der Waals surface area contributed by atoms with Crippen molar-refractivity contribution in [3.8, 4) is 11.4 Å². The molecule has 0 aliphatic rings. The van der Waals surface area contributed by atoms with Gasteiger partial charge in [-0.1, -0.05) is 0 Å². The Labute approximate surface area is 101 Å². The number of halogens is 1. The fourth-order valence-electron chi connectivity index (χ4n) is 1.58. The van der Waals surface area contributed by atoms with Crippen LogP contribution in [0.15, 0.2) is 18.2 Å². The van der Waals surface area contributed by atoms with E-state index >= 15 is 0 Å². The summed E-state index contributed by atoms with van der Waals surface area (Å²) in [6, 6.07) is 3.19. The molecule has 0 amide bonds. The van der Waals surface area contributed by atoms with Crippen molar-refractivity contribution in [2.75, 3.05) is 0 Å². The van der Waals surface area contributed by atoms with E-state index in [4.69, 9.17) is 5.11 Å². The summed E-state index contributed by atoms with van der Waals surface area (Å²) in [5.41, 5.74) is -0.244. The Balaban J connectivity index is 2.63. The van der Waals surface area contributed by atoms with E-state index in [0.717, 1.165) is 12.1 Å². The zero-order valence-corrected chi connectivity index (χ0v) is 9.37. The molecule has 0 saturated carbocycles. The van der Waals surface area contributed by atoms with Crippen LogP contribution in [0.1, 0.15) is 5.82 Å². The van der Waals surface area contributed by atoms with Crippen molar-refractivity contribution in [2.24, 2.45) is 7.05 Å². The molecule has 18 heavy (non-hydrogen) atoms. The number of rotatable bonds is 3. The van der Waals surface area contributed by atoms with Gasteiger partial charge < -0.3 is 9.67 Å². The number of nitro groups is 1. The molecule has 0 fully saturated rings. The summed E-state index contributed by atoms with van der Waals surface area (Å²) in [6.45, 7) is -0.335. The van der Waals surface area contributed by atoms with E-state index in [-0.39, 0.29) is 23.8 Å². The molecule has 1 N–H and O–H groups in total. The molecule has 7 nitrogen and oxygen atoms in total. The Bertz CT molecular complexity index is 611. The average molecular weight is 252 g/mol. The summed E-state index contributed by atoms with van der Waals surface area (Å²) >= 11 is 0. The Morgan fingerprint density at radius 1 is 1.50 bits per heavy atom. The maximum Gasteiger partial charge on any atom is 0.283 e. The Morgan fingerprint density at radius 2 is 2.22 bits per heavy atom. The van der Waals surface area contributed by atoms with E-state index < -0.39 is 16.4 Å². The smallest absolute Gasteiger partial charge is 0.283 e. The molecular formula is C10H9FN4O3. The normalized spacial score (nSPS) is 10.6. The van der Waals surface area contributed by atoms with Crippen LogP contribution in [0.5, 0.6) is 0 Å². The van der Waals surface area contributed by atoms with Gasteiger partial charge in [0.25, 0.3) is 5.69 Å². The lowest BCUT2D eigenvalue weighted by molar-refractivity contribution is -0.384. The molecule has 0 unspecified atom stereocenters. The van der Waals surface area contributed by atoms with Crippen molar-refractivity contribution >= 4 is 5.69 Å². The molecule has 94 valence electrons. The number of aromatic nitrogens is 3. The number of nitrogens with zero attached hydrogens (tertiary/aromatic N) is 4. The van der Waals surface area contributed by atoms with Crippen molar-refractivity contribution in [1.82, 2.24) is 14.8 Å². The number of aliphatic hydroxyl groups is 1. The van der Waals surface area contributed by atoms with Gasteiger partial charge in [-0.25, -0.2) is 4.39 Å². The summed E-state index contributed by atoms with van der Waals surface area (Å²) in [7, 11) is 1.56. The molecule has 8 heteroatoms. The van der Waals surface area contributed by atoms with Gasteiger partial charge in [0.2, 0.25) is 0 Å². The molecular weight excluding hydrogens is 243 g/mol. The van der Waals surface area contributed by atoms with Crippen LogP contribution >= 0.6 is 0 Å². The number of hydrogen-bond donors (Lipinski definition) is 1. The van der Waals surface area contributed by atoms with Gasteiger partial charge in [0, 0.05) is 7.05 Å². The molecule has 0 radical (unpaired) electrons. The second-order valence-electron chi connectivity index (χ2n) is 3.58. The van der Waals surface area contributed by atoms with Gasteiger partial charge in [-0.05, 0) is 12.1 Å². The van der Waals surface area contributed by atoms with Gasteiger partial charge in [-0.15, -0.1) is 10.2 Å². The summed E-state index contributed by atoms with van der Waals surface area (Å²) in [5, 5.41) is 27.3. The van der Waals surface area contributed by atoms with Crippen molar-refractivity contribution in [1.29, 1.82) is 0 Å². The summed E-state index contributed by atoms with van der Waals surface area (Å²) in [5.74, 6) is -0.232. The molecule has 0 aliphatic carbocycles. The van der Waals surface area contributed by atoms with Crippen molar-refractivity contribution in [2.45, 2.75) is 6.61 Å². The van der Waals surface area contributed by atoms with Gasteiger partial charge in [-0.2, -0.15) is 0 Å². The van der Waals surface area contributed by atoms with Crippen LogP contribution in [0.4, 0.5) is 10.1 Å². The van der Waals surface area contributed by atoms with Gasteiger partial charge in [-0.3, -0.25) is 10.1 Å². The highest BCUT2D eigenvalue weighted by Gasteiger charge is 2.21. The average Bonchev–Trinajstić information content (AvgIpc) is 2.70. The first-order valence-electron chi connectivity index (χ1n) is 4.98. The van der Waals surface area contributed by atoms with Crippen molar-refractivity contribution < 1.29 is 14.4 Å². The number of hydrogen-bond acceptors (Lipinski definition) is 5. The predicted molar refractivity (Wildman–Crippen MR) is 59.0 cm³/mol. The third-order valence-electron chi connectivity index (χ3n) is 2.50. The largest absolute Gasteiger partial charge is 0.388 e. The third-order valence-corrected chi connectivity index (χ3v) is 2.50. The maximum atomic E-state index is 13.0. The molecule has 0 saturated heterocycles. The van der Waals surface area contributed by atoms with Crippen LogP contribution in [-0.2, 0) is 13.7 Å². The van der Waals surface area contributed by atoms with E-state index in [1.165, 1.54) is 10.6 Å². The minimum absolute atomic E-state index is 0.149. The Hall–Kier alpha value is -2.35.